The van der Waals surface area contributed by atoms with Gasteiger partial charge >= 0.3 is 0 Å². The number of fused-ring (bicyclic) bond motifs is 1. The van der Waals surface area contributed by atoms with Crippen LogP contribution in [0.5, 0.6) is 0 Å². The Bertz CT molecular complexity index is 237. The van der Waals surface area contributed by atoms with Gasteiger partial charge in [0.15, 0.2) is 12.1 Å². The number of ether oxygens (including phenoxy) is 3. The summed E-state index contributed by atoms with van der Waals surface area (Å²) < 4.78 is 17.2. The first kappa shape index (κ1) is 10.1. The molecule has 2 aliphatic heterocycles. The van der Waals surface area contributed by atoms with E-state index in [1.54, 1.807) is 0 Å². The molecule has 0 aromatic rings. The summed E-state index contributed by atoms with van der Waals surface area (Å²) in [4.78, 5) is 0. The topological polar surface area (TPSA) is 27.7 Å². The van der Waals surface area contributed by atoms with Crippen molar-refractivity contribution in [2.24, 2.45) is 5.92 Å². The lowest BCUT2D eigenvalue weighted by Gasteiger charge is -2.22. The van der Waals surface area contributed by atoms with Gasteiger partial charge in [-0.3, -0.25) is 0 Å². The van der Waals surface area contributed by atoms with Gasteiger partial charge in [-0.1, -0.05) is 13.0 Å². The summed E-state index contributed by atoms with van der Waals surface area (Å²) in [6.45, 7) is 9.70. The van der Waals surface area contributed by atoms with Crippen molar-refractivity contribution >= 4 is 0 Å². The first-order valence-electron chi connectivity index (χ1n) is 5.15. The highest BCUT2D eigenvalue weighted by Crippen LogP contribution is 2.41. The molecule has 0 aromatic heterocycles. The van der Waals surface area contributed by atoms with E-state index >= 15 is 0 Å². The van der Waals surface area contributed by atoms with Gasteiger partial charge in [0.1, 0.15) is 6.10 Å². The molecule has 2 fully saturated rings. The van der Waals surface area contributed by atoms with Crippen molar-refractivity contribution in [3.63, 3.8) is 0 Å². The van der Waals surface area contributed by atoms with Gasteiger partial charge < -0.3 is 14.2 Å². The summed E-state index contributed by atoms with van der Waals surface area (Å²) in [7, 11) is 0. The molecule has 0 amide bonds. The van der Waals surface area contributed by atoms with Crippen LogP contribution in [0.25, 0.3) is 0 Å². The third-order valence-electron chi connectivity index (χ3n) is 2.90. The molecule has 0 radical (unpaired) electrons. The number of hydrogen-bond acceptors (Lipinski definition) is 3. The molecule has 2 saturated heterocycles. The molecule has 1 unspecified atom stereocenters. The zero-order chi connectivity index (χ0) is 10.3. The Balaban J connectivity index is 2.04. The average Bonchev–Trinajstić information content (AvgIpc) is 2.50. The van der Waals surface area contributed by atoms with E-state index in [-0.39, 0.29) is 18.5 Å². The highest BCUT2D eigenvalue weighted by atomic mass is 16.8. The summed E-state index contributed by atoms with van der Waals surface area (Å²) in [5.41, 5.74) is 0. The van der Waals surface area contributed by atoms with Crippen LogP contribution in [0.4, 0.5) is 0 Å². The molecule has 0 N–H and O–H groups in total. The summed E-state index contributed by atoms with van der Waals surface area (Å²) in [5.74, 6) is -0.122. The maximum Gasteiger partial charge on any atom is 0.187 e. The minimum absolute atomic E-state index is 0.0787. The lowest BCUT2D eigenvalue weighted by molar-refractivity contribution is -0.208. The molecule has 0 aliphatic carbocycles. The maximum absolute atomic E-state index is 5.78. The number of rotatable bonds is 2. The van der Waals surface area contributed by atoms with Gasteiger partial charge in [0.2, 0.25) is 0 Å². The van der Waals surface area contributed by atoms with Crippen LogP contribution >= 0.6 is 0 Å². The van der Waals surface area contributed by atoms with Crippen molar-refractivity contribution in [3.05, 3.63) is 12.7 Å². The van der Waals surface area contributed by atoms with Crippen LogP contribution in [0.15, 0.2) is 12.7 Å². The van der Waals surface area contributed by atoms with E-state index in [9.17, 15) is 0 Å². The van der Waals surface area contributed by atoms with Crippen LogP contribution in [0.2, 0.25) is 0 Å². The van der Waals surface area contributed by atoms with Gasteiger partial charge in [-0.2, -0.15) is 0 Å². The van der Waals surface area contributed by atoms with Gasteiger partial charge in [0.05, 0.1) is 6.10 Å². The third kappa shape index (κ3) is 1.60. The zero-order valence-electron chi connectivity index (χ0n) is 9.03. The van der Waals surface area contributed by atoms with Crippen LogP contribution in [0, 0.1) is 5.92 Å². The lowest BCUT2D eigenvalue weighted by atomic mass is 9.99. The molecule has 0 bridgehead atoms. The standard InChI is InChI=1S/C11H18O3/c1-5-6-8-7(2)9-10(12-8)14-11(3,4)13-9/h5,7-10H,1,6H2,2-4H3/t7-,8+,9?,10+/m0/s1. The highest BCUT2D eigenvalue weighted by molar-refractivity contribution is 4.92. The quantitative estimate of drug-likeness (QED) is 0.636. The van der Waals surface area contributed by atoms with Gasteiger partial charge in [-0.25, -0.2) is 0 Å². The molecule has 80 valence electrons. The fourth-order valence-corrected chi connectivity index (χ4v) is 2.16. The fraction of sp³-hybridized carbons (Fsp3) is 0.818. The SMILES string of the molecule is C=CC[C@H]1O[C@@H]2OC(C)(C)OC2[C@H]1C. The van der Waals surface area contributed by atoms with Crippen LogP contribution in [0.3, 0.4) is 0 Å². The number of hydrogen-bond donors (Lipinski definition) is 0. The van der Waals surface area contributed by atoms with Gasteiger partial charge in [-0.15, -0.1) is 6.58 Å². The fourth-order valence-electron chi connectivity index (χ4n) is 2.16. The monoisotopic (exact) mass is 198 g/mol. The molecule has 2 rings (SSSR count). The smallest absolute Gasteiger partial charge is 0.187 e. The lowest BCUT2D eigenvalue weighted by Crippen LogP contribution is -2.28. The second-order valence-corrected chi connectivity index (χ2v) is 4.53. The van der Waals surface area contributed by atoms with E-state index in [1.807, 2.05) is 19.9 Å². The normalized spacial score (nSPS) is 45.1. The first-order chi connectivity index (χ1) is 6.53. The molecule has 3 heteroatoms. The van der Waals surface area contributed by atoms with Gasteiger partial charge in [0.25, 0.3) is 0 Å². The van der Waals surface area contributed by atoms with Crippen molar-refractivity contribution in [1.82, 2.24) is 0 Å². The predicted molar refractivity (Wildman–Crippen MR) is 52.7 cm³/mol. The minimum Gasteiger partial charge on any atom is -0.346 e. The third-order valence-corrected chi connectivity index (χ3v) is 2.90. The largest absolute Gasteiger partial charge is 0.346 e. The Morgan fingerprint density at radius 1 is 1.36 bits per heavy atom. The van der Waals surface area contributed by atoms with Crippen molar-refractivity contribution < 1.29 is 14.2 Å². The van der Waals surface area contributed by atoms with E-state index in [1.165, 1.54) is 0 Å². The van der Waals surface area contributed by atoms with Gasteiger partial charge in [0, 0.05) is 5.92 Å². The van der Waals surface area contributed by atoms with Crippen molar-refractivity contribution in [2.75, 3.05) is 0 Å². The minimum atomic E-state index is -0.497. The summed E-state index contributed by atoms with van der Waals surface area (Å²) in [5, 5.41) is 0. The average molecular weight is 198 g/mol. The summed E-state index contributed by atoms with van der Waals surface area (Å²) in [6.07, 6.45) is 2.83. The predicted octanol–water partition coefficient (Wildman–Crippen LogP) is 2.08. The highest BCUT2D eigenvalue weighted by Gasteiger charge is 2.52. The molecule has 0 spiro atoms. The van der Waals surface area contributed by atoms with Crippen LogP contribution in [-0.2, 0) is 14.2 Å². The Hall–Kier alpha value is -0.380. The second-order valence-electron chi connectivity index (χ2n) is 4.53. The van der Waals surface area contributed by atoms with E-state index in [2.05, 4.69) is 13.5 Å². The Kier molecular flexibility index (Phi) is 2.41. The first-order valence-corrected chi connectivity index (χ1v) is 5.15. The molecular formula is C11H18O3. The molecule has 4 atom stereocenters. The molecular weight excluding hydrogens is 180 g/mol. The Labute approximate surface area is 85.0 Å². The molecule has 3 nitrogen and oxygen atoms in total. The molecule has 2 heterocycles. The van der Waals surface area contributed by atoms with Crippen LogP contribution in [0.1, 0.15) is 27.2 Å². The summed E-state index contributed by atoms with van der Waals surface area (Å²) in [6, 6.07) is 0. The maximum atomic E-state index is 5.78. The van der Waals surface area contributed by atoms with Crippen LogP contribution < -0.4 is 0 Å². The molecule has 14 heavy (non-hydrogen) atoms. The van der Waals surface area contributed by atoms with E-state index in [4.69, 9.17) is 14.2 Å². The summed E-state index contributed by atoms with van der Waals surface area (Å²) >= 11 is 0. The Morgan fingerprint density at radius 3 is 2.64 bits per heavy atom. The van der Waals surface area contributed by atoms with E-state index in [0.717, 1.165) is 6.42 Å². The van der Waals surface area contributed by atoms with Crippen molar-refractivity contribution in [1.29, 1.82) is 0 Å². The molecule has 2 aliphatic rings. The van der Waals surface area contributed by atoms with Crippen molar-refractivity contribution in [3.8, 4) is 0 Å². The molecule has 0 aromatic carbocycles. The Morgan fingerprint density at radius 2 is 2.07 bits per heavy atom. The molecule has 0 saturated carbocycles. The van der Waals surface area contributed by atoms with Gasteiger partial charge in [-0.05, 0) is 20.3 Å². The van der Waals surface area contributed by atoms with Crippen LogP contribution in [-0.4, -0.2) is 24.3 Å². The zero-order valence-corrected chi connectivity index (χ0v) is 9.03. The van der Waals surface area contributed by atoms with E-state index < -0.39 is 5.79 Å². The van der Waals surface area contributed by atoms with E-state index in [0.29, 0.717) is 5.92 Å². The second kappa shape index (κ2) is 3.33. The van der Waals surface area contributed by atoms with Crippen molar-refractivity contribution in [2.45, 2.75) is 51.5 Å².